The van der Waals surface area contributed by atoms with Gasteiger partial charge in [-0.1, -0.05) is 93.3 Å². The molecular weight excluding hydrogens is 440 g/mol. The molecule has 2 aromatic rings. The average Bonchev–Trinajstić information content (AvgIpc) is 3.30. The molecule has 4 N–H and O–H groups in total. The molecule has 2 aromatic carbocycles. The minimum atomic E-state index is -1.50. The van der Waals surface area contributed by atoms with E-state index in [9.17, 15) is 19.8 Å². The normalized spacial score (nSPS) is 18.3. The van der Waals surface area contributed by atoms with Crippen molar-refractivity contribution in [2.45, 2.75) is 89.3 Å². The highest BCUT2D eigenvalue weighted by molar-refractivity contribution is 5.83. The minimum absolute atomic E-state index is 0.177. The van der Waals surface area contributed by atoms with Crippen molar-refractivity contribution in [1.82, 2.24) is 10.6 Å². The molecule has 0 radical (unpaired) electrons. The Kier molecular flexibility index (Phi) is 9.33. The number of hydrogen-bond donors (Lipinski definition) is 4. The first kappa shape index (κ1) is 26.7. The number of carboxylic acid groups (broad SMARTS) is 1. The Morgan fingerprint density at radius 2 is 1.63 bits per heavy atom. The Labute approximate surface area is 209 Å². The summed E-state index contributed by atoms with van der Waals surface area (Å²) in [5.74, 6) is -0.543. The first-order chi connectivity index (χ1) is 16.8. The third-order valence-corrected chi connectivity index (χ3v) is 7.54. The van der Waals surface area contributed by atoms with Gasteiger partial charge in [-0.2, -0.15) is 0 Å². The van der Waals surface area contributed by atoms with Gasteiger partial charge in [0.1, 0.15) is 0 Å². The highest BCUT2D eigenvalue weighted by atomic mass is 16.4. The fraction of sp³-hybridized carbons (Fsp3) is 0.517. The third kappa shape index (κ3) is 7.07. The van der Waals surface area contributed by atoms with Crippen LogP contribution in [0.4, 0.5) is 4.79 Å². The summed E-state index contributed by atoms with van der Waals surface area (Å²) in [7, 11) is 0. The minimum Gasteiger partial charge on any atom is -0.465 e. The number of aliphatic hydroxyl groups excluding tert-OH is 1. The van der Waals surface area contributed by atoms with Gasteiger partial charge in [0.15, 0.2) is 6.10 Å². The van der Waals surface area contributed by atoms with Crippen molar-refractivity contribution in [3.63, 3.8) is 0 Å². The Balaban J connectivity index is 1.91. The van der Waals surface area contributed by atoms with E-state index in [-0.39, 0.29) is 11.5 Å². The SMILES string of the molecule is CCCCC(CC1(Cc2ccccc2)CCCC1)(NC(=O)O)C(O)C(=O)N[C@H](C)c1ccccc1. The van der Waals surface area contributed by atoms with Gasteiger partial charge in [0.25, 0.3) is 5.91 Å². The van der Waals surface area contributed by atoms with E-state index < -0.39 is 23.6 Å². The average molecular weight is 481 g/mol. The van der Waals surface area contributed by atoms with Gasteiger partial charge in [0.2, 0.25) is 0 Å². The molecule has 1 saturated carbocycles. The van der Waals surface area contributed by atoms with Crippen molar-refractivity contribution in [3.8, 4) is 0 Å². The number of amides is 2. The number of hydrogen-bond acceptors (Lipinski definition) is 3. The van der Waals surface area contributed by atoms with Crippen LogP contribution in [0.1, 0.15) is 82.4 Å². The van der Waals surface area contributed by atoms with Crippen molar-refractivity contribution in [2.24, 2.45) is 5.41 Å². The van der Waals surface area contributed by atoms with E-state index in [1.54, 1.807) is 0 Å². The second kappa shape index (κ2) is 12.2. The predicted molar refractivity (Wildman–Crippen MR) is 138 cm³/mol. The highest BCUT2D eigenvalue weighted by Crippen LogP contribution is 2.48. The zero-order valence-corrected chi connectivity index (χ0v) is 21.0. The number of unbranched alkanes of at least 4 members (excludes halogenated alkanes) is 1. The maximum absolute atomic E-state index is 13.4. The smallest absolute Gasteiger partial charge is 0.405 e. The van der Waals surface area contributed by atoms with Crippen LogP contribution in [-0.2, 0) is 11.2 Å². The quantitative estimate of drug-likeness (QED) is 0.317. The van der Waals surface area contributed by atoms with Crippen molar-refractivity contribution >= 4 is 12.0 Å². The van der Waals surface area contributed by atoms with E-state index in [2.05, 4.69) is 22.8 Å². The van der Waals surface area contributed by atoms with Crippen LogP contribution in [0.2, 0.25) is 0 Å². The van der Waals surface area contributed by atoms with Crippen molar-refractivity contribution in [2.75, 3.05) is 0 Å². The third-order valence-electron chi connectivity index (χ3n) is 7.54. The summed E-state index contributed by atoms with van der Waals surface area (Å²) < 4.78 is 0. The van der Waals surface area contributed by atoms with Crippen LogP contribution in [-0.4, -0.2) is 33.9 Å². The van der Waals surface area contributed by atoms with Gasteiger partial charge in [-0.15, -0.1) is 0 Å². The van der Waals surface area contributed by atoms with Crippen LogP contribution in [0.15, 0.2) is 60.7 Å². The number of carbonyl (C=O) groups excluding carboxylic acids is 1. The molecule has 6 heteroatoms. The van der Waals surface area contributed by atoms with Crippen LogP contribution >= 0.6 is 0 Å². The Hall–Kier alpha value is -2.86. The molecule has 0 spiro atoms. The Bertz CT molecular complexity index is 944. The summed E-state index contributed by atoms with van der Waals surface area (Å²) in [6.45, 7) is 3.90. The molecule has 1 aliphatic carbocycles. The zero-order valence-electron chi connectivity index (χ0n) is 21.0. The maximum Gasteiger partial charge on any atom is 0.405 e. The number of rotatable bonds is 12. The molecule has 2 unspecified atom stereocenters. The zero-order chi connectivity index (χ0) is 25.3. The topological polar surface area (TPSA) is 98.7 Å². The number of carbonyl (C=O) groups is 2. The predicted octanol–water partition coefficient (Wildman–Crippen LogP) is 5.61. The van der Waals surface area contributed by atoms with Crippen LogP contribution in [0.5, 0.6) is 0 Å². The van der Waals surface area contributed by atoms with Crippen LogP contribution in [0.25, 0.3) is 0 Å². The molecule has 1 aliphatic rings. The van der Waals surface area contributed by atoms with Gasteiger partial charge in [0.05, 0.1) is 11.6 Å². The lowest BCUT2D eigenvalue weighted by molar-refractivity contribution is -0.136. The lowest BCUT2D eigenvalue weighted by Gasteiger charge is -2.44. The van der Waals surface area contributed by atoms with Gasteiger partial charge in [-0.3, -0.25) is 4.79 Å². The van der Waals surface area contributed by atoms with Crippen LogP contribution in [0, 0.1) is 5.41 Å². The summed E-state index contributed by atoms with van der Waals surface area (Å²) in [5.41, 5.74) is 0.686. The van der Waals surface area contributed by atoms with Crippen LogP contribution in [0.3, 0.4) is 0 Å². The van der Waals surface area contributed by atoms with Gasteiger partial charge in [-0.25, -0.2) is 4.79 Å². The molecular formula is C29H40N2O4. The molecule has 2 amide bonds. The van der Waals surface area contributed by atoms with E-state index in [4.69, 9.17) is 0 Å². The fourth-order valence-corrected chi connectivity index (χ4v) is 5.81. The van der Waals surface area contributed by atoms with E-state index >= 15 is 0 Å². The van der Waals surface area contributed by atoms with E-state index in [1.165, 1.54) is 5.56 Å². The van der Waals surface area contributed by atoms with Gasteiger partial charge in [0, 0.05) is 0 Å². The standard InChI is InChI=1S/C29H40N2O4/c1-3-4-19-29(31-27(34)35,25(32)26(33)30-22(2)24-15-9-6-10-16-24)21-28(17-11-12-18-28)20-23-13-7-5-8-14-23/h5-10,13-16,22,25,31-32H,3-4,11-12,17-21H2,1-2H3,(H,30,33)(H,34,35)/t22-,25?,29?/m1/s1. The van der Waals surface area contributed by atoms with Crippen LogP contribution < -0.4 is 10.6 Å². The highest BCUT2D eigenvalue weighted by Gasteiger charge is 2.49. The first-order valence-electron chi connectivity index (χ1n) is 12.9. The molecule has 0 aromatic heterocycles. The molecule has 1 fully saturated rings. The van der Waals surface area contributed by atoms with E-state index in [0.717, 1.165) is 44.1 Å². The second-order valence-corrected chi connectivity index (χ2v) is 10.3. The van der Waals surface area contributed by atoms with Gasteiger partial charge >= 0.3 is 6.09 Å². The molecule has 6 nitrogen and oxygen atoms in total. The first-order valence-corrected chi connectivity index (χ1v) is 12.9. The Morgan fingerprint density at radius 3 is 2.20 bits per heavy atom. The lowest BCUT2D eigenvalue weighted by Crippen LogP contribution is -2.63. The summed E-state index contributed by atoms with van der Waals surface area (Å²) in [6.07, 6.45) is 4.50. The van der Waals surface area contributed by atoms with Gasteiger partial charge in [-0.05, 0) is 55.6 Å². The molecule has 190 valence electrons. The second-order valence-electron chi connectivity index (χ2n) is 10.3. The molecule has 3 rings (SSSR count). The largest absolute Gasteiger partial charge is 0.465 e. The molecule has 0 saturated heterocycles. The molecule has 0 bridgehead atoms. The molecule has 3 atom stereocenters. The molecule has 0 aliphatic heterocycles. The number of aliphatic hydroxyl groups is 1. The Morgan fingerprint density at radius 1 is 1.03 bits per heavy atom. The summed E-state index contributed by atoms with van der Waals surface area (Å²) >= 11 is 0. The molecule has 0 heterocycles. The summed E-state index contributed by atoms with van der Waals surface area (Å²) in [4.78, 5) is 25.4. The van der Waals surface area contributed by atoms with Crippen molar-refractivity contribution in [3.05, 3.63) is 71.8 Å². The monoisotopic (exact) mass is 480 g/mol. The van der Waals surface area contributed by atoms with E-state index in [1.807, 2.05) is 62.4 Å². The summed E-state index contributed by atoms with van der Waals surface area (Å²) in [6, 6.07) is 19.5. The van der Waals surface area contributed by atoms with Gasteiger partial charge < -0.3 is 20.8 Å². The number of benzene rings is 2. The molecule has 35 heavy (non-hydrogen) atoms. The number of nitrogens with one attached hydrogen (secondary N) is 2. The van der Waals surface area contributed by atoms with Crippen molar-refractivity contribution < 1.29 is 19.8 Å². The maximum atomic E-state index is 13.4. The fourth-order valence-electron chi connectivity index (χ4n) is 5.81. The van der Waals surface area contributed by atoms with E-state index in [0.29, 0.717) is 19.3 Å². The summed E-state index contributed by atoms with van der Waals surface area (Å²) in [5, 5.41) is 26.9. The lowest BCUT2D eigenvalue weighted by atomic mass is 9.67. The van der Waals surface area contributed by atoms with Crippen molar-refractivity contribution in [1.29, 1.82) is 0 Å².